The lowest BCUT2D eigenvalue weighted by Gasteiger charge is -2.35. The number of halogens is 1. The molecule has 1 aliphatic carbocycles. The van der Waals surface area contributed by atoms with Crippen LogP contribution in [0.1, 0.15) is 25.0 Å². The molecule has 2 nitrogen and oxygen atoms in total. The van der Waals surface area contributed by atoms with Crippen molar-refractivity contribution in [3.63, 3.8) is 0 Å². The lowest BCUT2D eigenvalue weighted by Crippen LogP contribution is -2.27. The van der Waals surface area contributed by atoms with Gasteiger partial charge in [-0.3, -0.25) is 0 Å². The third kappa shape index (κ3) is 1.18. The average Bonchev–Trinajstić information content (AvgIpc) is 2.02. The average molecular weight is 213 g/mol. The largest absolute Gasteiger partial charge is 0.245 e. The summed E-state index contributed by atoms with van der Waals surface area (Å²) in [5, 5.41) is 0. The van der Waals surface area contributed by atoms with E-state index in [9.17, 15) is 0 Å². The Hall–Kier alpha value is -0.440. The molecule has 0 aliphatic heterocycles. The van der Waals surface area contributed by atoms with Crippen LogP contribution in [-0.4, -0.2) is 9.97 Å². The normalized spacial score (nSPS) is 20.8. The predicted octanol–water partition coefficient (Wildman–Crippen LogP) is 2.25. The van der Waals surface area contributed by atoms with Gasteiger partial charge in [0.1, 0.15) is 6.33 Å². The molecule has 0 saturated heterocycles. The van der Waals surface area contributed by atoms with E-state index in [1.165, 1.54) is 19.3 Å². The van der Waals surface area contributed by atoms with Crippen LogP contribution in [0.2, 0.25) is 0 Å². The molecule has 0 spiro atoms. The number of alkyl halides is 1. The first-order chi connectivity index (χ1) is 5.31. The van der Waals surface area contributed by atoms with Crippen LogP contribution in [0.4, 0.5) is 0 Å². The monoisotopic (exact) mass is 212 g/mol. The van der Waals surface area contributed by atoms with Crippen LogP contribution < -0.4 is 0 Å². The minimum atomic E-state index is 0.177. The maximum Gasteiger partial charge on any atom is 0.115 e. The number of hydrogen-bond donors (Lipinski definition) is 0. The molecular weight excluding hydrogens is 204 g/mol. The summed E-state index contributed by atoms with van der Waals surface area (Å²) >= 11 is 3.69. The lowest BCUT2D eigenvalue weighted by molar-refractivity contribution is 0.374. The highest BCUT2D eigenvalue weighted by atomic mass is 79.9. The zero-order chi connectivity index (χ0) is 7.73. The van der Waals surface area contributed by atoms with Crippen molar-refractivity contribution in [1.82, 2.24) is 9.97 Å². The van der Waals surface area contributed by atoms with E-state index in [4.69, 9.17) is 0 Å². The Kier molecular flexibility index (Phi) is 1.68. The van der Waals surface area contributed by atoms with Gasteiger partial charge in [0.25, 0.3) is 0 Å². The van der Waals surface area contributed by atoms with Gasteiger partial charge >= 0.3 is 0 Å². The van der Waals surface area contributed by atoms with Crippen molar-refractivity contribution in [2.45, 2.75) is 23.6 Å². The fraction of sp³-hybridized carbons (Fsp3) is 0.500. The predicted molar refractivity (Wildman–Crippen MR) is 46.5 cm³/mol. The Balaban J connectivity index is 2.29. The van der Waals surface area contributed by atoms with Gasteiger partial charge in [-0.05, 0) is 25.3 Å². The molecule has 0 unspecified atom stereocenters. The first kappa shape index (κ1) is 7.22. The first-order valence-corrected chi connectivity index (χ1v) is 4.56. The molecule has 1 aromatic rings. The van der Waals surface area contributed by atoms with Crippen molar-refractivity contribution >= 4 is 15.9 Å². The maximum atomic E-state index is 4.21. The van der Waals surface area contributed by atoms with Crippen LogP contribution in [0.15, 0.2) is 18.6 Å². The highest BCUT2D eigenvalue weighted by molar-refractivity contribution is 9.09. The zero-order valence-corrected chi connectivity index (χ0v) is 7.71. The number of hydrogen-bond acceptors (Lipinski definition) is 2. The summed E-state index contributed by atoms with van der Waals surface area (Å²) in [7, 11) is 0. The van der Waals surface area contributed by atoms with E-state index in [-0.39, 0.29) is 4.32 Å². The number of nitrogens with zero attached hydrogens (tertiary/aromatic N) is 2. The molecule has 1 aromatic heterocycles. The van der Waals surface area contributed by atoms with E-state index < -0.39 is 0 Å². The van der Waals surface area contributed by atoms with Crippen molar-refractivity contribution in [3.05, 3.63) is 24.3 Å². The maximum absolute atomic E-state index is 4.21. The molecule has 0 radical (unpaired) electrons. The van der Waals surface area contributed by atoms with Gasteiger partial charge in [-0.15, -0.1) is 0 Å². The molecule has 1 saturated carbocycles. The third-order valence-corrected chi connectivity index (χ3v) is 3.39. The second-order valence-corrected chi connectivity index (χ2v) is 4.43. The van der Waals surface area contributed by atoms with Gasteiger partial charge in [-0.2, -0.15) is 0 Å². The van der Waals surface area contributed by atoms with Gasteiger partial charge in [0.2, 0.25) is 0 Å². The van der Waals surface area contributed by atoms with Gasteiger partial charge in [0, 0.05) is 6.20 Å². The molecule has 1 aliphatic rings. The van der Waals surface area contributed by atoms with Crippen molar-refractivity contribution in [3.8, 4) is 0 Å². The molecule has 0 N–H and O–H groups in total. The molecule has 3 heteroatoms. The van der Waals surface area contributed by atoms with E-state index in [0.29, 0.717) is 0 Å². The Bertz CT molecular complexity index is 244. The van der Waals surface area contributed by atoms with Gasteiger partial charge in [0.15, 0.2) is 0 Å². The first-order valence-electron chi connectivity index (χ1n) is 3.77. The molecule has 1 fully saturated rings. The topological polar surface area (TPSA) is 25.8 Å². The van der Waals surface area contributed by atoms with Crippen LogP contribution in [0.5, 0.6) is 0 Å². The summed E-state index contributed by atoms with van der Waals surface area (Å²) in [6.45, 7) is 0. The summed E-state index contributed by atoms with van der Waals surface area (Å²) in [5.41, 5.74) is 1.12. The molecule has 1 heterocycles. The van der Waals surface area contributed by atoms with E-state index in [0.717, 1.165) is 5.69 Å². The Morgan fingerprint density at radius 3 is 2.73 bits per heavy atom. The smallest absolute Gasteiger partial charge is 0.115 e. The molecule has 58 valence electrons. The van der Waals surface area contributed by atoms with Crippen molar-refractivity contribution in [2.75, 3.05) is 0 Å². The van der Waals surface area contributed by atoms with Gasteiger partial charge in [0.05, 0.1) is 10.0 Å². The van der Waals surface area contributed by atoms with Crippen LogP contribution >= 0.6 is 15.9 Å². The van der Waals surface area contributed by atoms with E-state index >= 15 is 0 Å². The van der Waals surface area contributed by atoms with Crippen molar-refractivity contribution < 1.29 is 0 Å². The van der Waals surface area contributed by atoms with Gasteiger partial charge in [-0.25, -0.2) is 9.97 Å². The Morgan fingerprint density at radius 2 is 2.27 bits per heavy atom. The lowest BCUT2D eigenvalue weighted by atomic mass is 9.82. The second-order valence-electron chi connectivity index (χ2n) is 2.91. The van der Waals surface area contributed by atoms with Gasteiger partial charge < -0.3 is 0 Å². The number of rotatable bonds is 1. The van der Waals surface area contributed by atoms with E-state index in [1.807, 2.05) is 6.07 Å². The van der Waals surface area contributed by atoms with Crippen molar-refractivity contribution in [1.29, 1.82) is 0 Å². The molecular formula is C8H9BrN2. The van der Waals surface area contributed by atoms with Gasteiger partial charge in [-0.1, -0.05) is 15.9 Å². The second kappa shape index (κ2) is 2.55. The van der Waals surface area contributed by atoms with E-state index in [1.54, 1.807) is 12.5 Å². The molecule has 0 aromatic carbocycles. The standard InChI is InChI=1S/C8H9BrN2/c9-8(3-1-4-8)7-2-5-10-6-11-7/h2,5-6H,1,3-4H2. The minimum absolute atomic E-state index is 0.177. The minimum Gasteiger partial charge on any atom is -0.245 e. The van der Waals surface area contributed by atoms with Crippen LogP contribution in [0.3, 0.4) is 0 Å². The SMILES string of the molecule is BrC1(c2ccncn2)CCC1. The Labute approximate surface area is 74.2 Å². The van der Waals surface area contributed by atoms with Crippen LogP contribution in [0.25, 0.3) is 0 Å². The Morgan fingerprint density at radius 1 is 1.45 bits per heavy atom. The highest BCUT2D eigenvalue weighted by Gasteiger charge is 2.36. The third-order valence-electron chi connectivity index (χ3n) is 2.19. The fourth-order valence-corrected chi connectivity index (χ4v) is 2.09. The summed E-state index contributed by atoms with van der Waals surface area (Å²) in [5.74, 6) is 0. The van der Waals surface area contributed by atoms with Crippen LogP contribution in [0, 0.1) is 0 Å². The number of aromatic nitrogens is 2. The summed E-state index contributed by atoms with van der Waals surface area (Å²) in [4.78, 5) is 8.10. The molecule has 0 amide bonds. The van der Waals surface area contributed by atoms with Crippen LogP contribution in [-0.2, 0) is 4.32 Å². The molecule has 0 atom stereocenters. The molecule has 2 rings (SSSR count). The molecule has 0 bridgehead atoms. The van der Waals surface area contributed by atoms with E-state index in [2.05, 4.69) is 25.9 Å². The summed E-state index contributed by atoms with van der Waals surface area (Å²) in [6, 6.07) is 1.98. The summed E-state index contributed by atoms with van der Waals surface area (Å²) < 4.78 is 0.177. The highest BCUT2D eigenvalue weighted by Crippen LogP contribution is 2.47. The van der Waals surface area contributed by atoms with Crippen molar-refractivity contribution in [2.24, 2.45) is 0 Å². The quantitative estimate of drug-likeness (QED) is 0.668. The fourth-order valence-electron chi connectivity index (χ4n) is 1.30. The zero-order valence-electron chi connectivity index (χ0n) is 6.13. The summed E-state index contributed by atoms with van der Waals surface area (Å²) in [6.07, 6.45) is 7.10. The molecule has 11 heavy (non-hydrogen) atoms.